The first-order chi connectivity index (χ1) is 12.8. The first-order valence-electron chi connectivity index (χ1n) is 7.11. The van der Waals surface area contributed by atoms with Crippen molar-refractivity contribution in [2.45, 2.75) is 0 Å². The number of hydrogen-bond acceptors (Lipinski definition) is 7. The van der Waals surface area contributed by atoms with Crippen LogP contribution in [0.2, 0.25) is 10.0 Å². The molecule has 1 amide bonds. The van der Waals surface area contributed by atoms with Crippen molar-refractivity contribution >= 4 is 46.7 Å². The van der Waals surface area contributed by atoms with E-state index in [0.717, 1.165) is 12.3 Å². The maximum Gasteiger partial charge on any atom is 0.314 e. The van der Waals surface area contributed by atoms with Gasteiger partial charge in [-0.05, 0) is 12.1 Å². The Balaban J connectivity index is 2.02. The number of carbonyl (C=O) groups excluding carboxylic acids is 1. The minimum absolute atomic E-state index is 0.0394. The van der Waals surface area contributed by atoms with Crippen LogP contribution in [0, 0.1) is 20.2 Å². The smallest absolute Gasteiger partial charge is 0.314 e. The number of amides is 1. The summed E-state index contributed by atoms with van der Waals surface area (Å²) in [6.07, 6.45) is 1.09. The summed E-state index contributed by atoms with van der Waals surface area (Å²) in [6.45, 7) is -0.629. The summed E-state index contributed by atoms with van der Waals surface area (Å²) >= 11 is 11.6. The van der Waals surface area contributed by atoms with Gasteiger partial charge in [0.05, 0.1) is 26.6 Å². The molecule has 0 aliphatic heterocycles. The van der Waals surface area contributed by atoms with Gasteiger partial charge in [0.25, 0.3) is 11.6 Å². The van der Waals surface area contributed by atoms with Gasteiger partial charge in [-0.3, -0.25) is 25.0 Å². The Hall–Kier alpha value is -3.24. The molecule has 27 heavy (non-hydrogen) atoms. The molecule has 0 aliphatic rings. The number of ether oxygens (including phenoxy) is 1. The molecule has 0 fully saturated rings. The van der Waals surface area contributed by atoms with Crippen LogP contribution in [-0.4, -0.2) is 28.6 Å². The third-order valence-corrected chi connectivity index (χ3v) is 3.56. The highest BCUT2D eigenvalue weighted by Gasteiger charge is 2.21. The molecule has 0 aromatic heterocycles. The lowest BCUT2D eigenvalue weighted by Crippen LogP contribution is -2.25. The van der Waals surface area contributed by atoms with Crippen molar-refractivity contribution in [1.29, 1.82) is 0 Å². The number of nitro groups is 2. The van der Waals surface area contributed by atoms with Crippen molar-refractivity contribution < 1.29 is 19.4 Å². The van der Waals surface area contributed by atoms with Crippen LogP contribution >= 0.6 is 23.2 Å². The molecule has 12 heteroatoms. The molecule has 0 saturated heterocycles. The molecule has 0 unspecified atom stereocenters. The van der Waals surface area contributed by atoms with E-state index in [4.69, 9.17) is 27.9 Å². The Kier molecular flexibility index (Phi) is 6.63. The maximum atomic E-state index is 11.8. The topological polar surface area (TPSA) is 137 Å². The Bertz CT molecular complexity index is 935. The third kappa shape index (κ3) is 5.36. The van der Waals surface area contributed by atoms with Crippen LogP contribution in [0.25, 0.3) is 0 Å². The predicted molar refractivity (Wildman–Crippen MR) is 97.4 cm³/mol. The van der Waals surface area contributed by atoms with Gasteiger partial charge in [-0.1, -0.05) is 35.3 Å². The fourth-order valence-corrected chi connectivity index (χ4v) is 2.47. The average Bonchev–Trinajstić information content (AvgIpc) is 2.60. The van der Waals surface area contributed by atoms with Crippen molar-refractivity contribution in [2.24, 2.45) is 5.10 Å². The van der Waals surface area contributed by atoms with Crippen molar-refractivity contribution in [3.8, 4) is 5.75 Å². The van der Waals surface area contributed by atoms with Gasteiger partial charge in [0.15, 0.2) is 6.61 Å². The van der Waals surface area contributed by atoms with Gasteiger partial charge < -0.3 is 4.74 Å². The first kappa shape index (κ1) is 20.1. The predicted octanol–water partition coefficient (Wildman–Crippen LogP) is 3.34. The van der Waals surface area contributed by atoms with Crippen molar-refractivity contribution in [3.05, 3.63) is 72.2 Å². The molecule has 0 bridgehead atoms. The van der Waals surface area contributed by atoms with Crippen molar-refractivity contribution in [3.63, 3.8) is 0 Å². The Morgan fingerprint density at radius 3 is 2.48 bits per heavy atom. The van der Waals surface area contributed by atoms with E-state index in [1.54, 1.807) is 6.07 Å². The molecule has 0 atom stereocenters. The normalized spacial score (nSPS) is 10.6. The van der Waals surface area contributed by atoms with Gasteiger partial charge in [-0.2, -0.15) is 5.10 Å². The van der Waals surface area contributed by atoms with Crippen LogP contribution in [0.3, 0.4) is 0 Å². The van der Waals surface area contributed by atoms with Crippen LogP contribution in [0.15, 0.2) is 41.5 Å². The highest BCUT2D eigenvalue weighted by molar-refractivity contribution is 6.36. The fourth-order valence-electron chi connectivity index (χ4n) is 1.93. The number of nitrogens with zero attached hydrogens (tertiary/aromatic N) is 3. The monoisotopic (exact) mass is 412 g/mol. The number of hydrazone groups is 1. The van der Waals surface area contributed by atoms with Gasteiger partial charge >= 0.3 is 5.69 Å². The molecule has 2 aromatic rings. The lowest BCUT2D eigenvalue weighted by atomic mass is 10.2. The molecule has 0 radical (unpaired) electrons. The fraction of sp³-hybridized carbons (Fsp3) is 0.0667. The zero-order valence-electron chi connectivity index (χ0n) is 13.3. The number of hydrogen-bond donors (Lipinski definition) is 1. The summed E-state index contributed by atoms with van der Waals surface area (Å²) in [5.74, 6) is -1.07. The van der Waals surface area contributed by atoms with E-state index in [2.05, 4.69) is 10.5 Å². The molecule has 0 aliphatic carbocycles. The van der Waals surface area contributed by atoms with Crippen LogP contribution in [0.1, 0.15) is 5.56 Å². The van der Waals surface area contributed by atoms with Crippen LogP contribution in [0.5, 0.6) is 5.75 Å². The number of nitro benzene ring substituents is 2. The molecule has 10 nitrogen and oxygen atoms in total. The quantitative estimate of drug-likeness (QED) is 0.420. The molecule has 1 N–H and O–H groups in total. The Morgan fingerprint density at radius 2 is 1.81 bits per heavy atom. The molecular formula is C15H10Cl2N4O6. The maximum absolute atomic E-state index is 11.8. The molecule has 0 spiro atoms. The Labute approximate surface area is 161 Å². The van der Waals surface area contributed by atoms with Gasteiger partial charge in [-0.25, -0.2) is 5.43 Å². The standard InChI is InChI=1S/C15H10Cl2N4O6/c16-10-5-11(17)15(13(6-10)21(25)26)27-8-14(22)19-18-7-9-3-1-2-4-12(9)20(23)24/h1-7H,8H2,(H,19,22)/b18-7-. The van der Waals surface area contributed by atoms with Gasteiger partial charge in [0, 0.05) is 17.2 Å². The van der Waals surface area contributed by atoms with Crippen molar-refractivity contribution in [2.75, 3.05) is 6.61 Å². The minimum Gasteiger partial charge on any atom is -0.476 e. The SMILES string of the molecule is O=C(COc1c(Cl)cc(Cl)cc1[N+](=O)[O-])N/N=C\c1ccccc1[N+](=O)[O-]. The summed E-state index contributed by atoms with van der Waals surface area (Å²) in [4.78, 5) is 32.3. The second-order valence-electron chi connectivity index (χ2n) is 4.89. The van der Waals surface area contributed by atoms with E-state index in [0.29, 0.717) is 0 Å². The number of rotatable bonds is 7. The Morgan fingerprint density at radius 1 is 1.15 bits per heavy atom. The van der Waals surface area contributed by atoms with E-state index < -0.39 is 28.0 Å². The summed E-state index contributed by atoms with van der Waals surface area (Å²) in [7, 11) is 0. The van der Waals surface area contributed by atoms with Crippen molar-refractivity contribution in [1.82, 2.24) is 5.43 Å². The molecule has 0 heterocycles. The second-order valence-corrected chi connectivity index (χ2v) is 5.73. The number of carbonyl (C=O) groups is 1. The van der Waals surface area contributed by atoms with Crippen LogP contribution in [-0.2, 0) is 4.79 Å². The molecule has 140 valence electrons. The molecule has 0 saturated carbocycles. The minimum atomic E-state index is -0.759. The van der Waals surface area contributed by atoms with E-state index in [9.17, 15) is 25.0 Å². The lowest BCUT2D eigenvalue weighted by molar-refractivity contribution is -0.385. The van der Waals surface area contributed by atoms with E-state index in [1.165, 1.54) is 24.3 Å². The van der Waals surface area contributed by atoms with Gasteiger partial charge in [0.2, 0.25) is 5.75 Å². The highest BCUT2D eigenvalue weighted by Crippen LogP contribution is 2.37. The second kappa shape index (κ2) is 8.92. The van der Waals surface area contributed by atoms with Crippen LogP contribution < -0.4 is 10.2 Å². The number of para-hydroxylation sites is 1. The third-order valence-electron chi connectivity index (χ3n) is 3.06. The van der Waals surface area contributed by atoms with Gasteiger partial charge in [-0.15, -0.1) is 0 Å². The molecular weight excluding hydrogens is 403 g/mol. The summed E-state index contributed by atoms with van der Waals surface area (Å²) in [5.41, 5.74) is 1.59. The zero-order valence-corrected chi connectivity index (χ0v) is 14.8. The lowest BCUT2D eigenvalue weighted by Gasteiger charge is -2.08. The summed E-state index contributed by atoms with van der Waals surface area (Å²) in [6, 6.07) is 8.06. The van der Waals surface area contributed by atoms with E-state index >= 15 is 0 Å². The van der Waals surface area contributed by atoms with Crippen LogP contribution in [0.4, 0.5) is 11.4 Å². The number of benzene rings is 2. The number of halogens is 2. The summed E-state index contributed by atoms with van der Waals surface area (Å²) < 4.78 is 5.08. The first-order valence-corrected chi connectivity index (χ1v) is 7.86. The van der Waals surface area contributed by atoms with Gasteiger partial charge in [0.1, 0.15) is 0 Å². The molecule has 2 rings (SSSR count). The van der Waals surface area contributed by atoms with E-state index in [-0.39, 0.29) is 27.0 Å². The summed E-state index contributed by atoms with van der Waals surface area (Å²) in [5, 5.41) is 25.4. The number of nitrogens with one attached hydrogen (secondary N) is 1. The molecule has 2 aromatic carbocycles. The van der Waals surface area contributed by atoms with E-state index in [1.807, 2.05) is 0 Å². The average molecular weight is 413 g/mol. The highest BCUT2D eigenvalue weighted by atomic mass is 35.5. The zero-order chi connectivity index (χ0) is 20.0. The largest absolute Gasteiger partial charge is 0.476 e.